The lowest BCUT2D eigenvalue weighted by atomic mass is 10.1. The van der Waals surface area contributed by atoms with Crippen LogP contribution in [0.4, 0.5) is 0 Å². The van der Waals surface area contributed by atoms with E-state index >= 15 is 0 Å². The molecule has 2 heterocycles. The van der Waals surface area contributed by atoms with Gasteiger partial charge in [0.25, 0.3) is 21.8 Å². The number of nitrogens with zero attached hydrogens (tertiary/aromatic N) is 2. The van der Waals surface area contributed by atoms with Crippen molar-refractivity contribution in [3.05, 3.63) is 29.3 Å². The van der Waals surface area contributed by atoms with E-state index in [1.807, 2.05) is 6.92 Å². The Balaban J connectivity index is 1.92. The van der Waals surface area contributed by atoms with Crippen molar-refractivity contribution in [1.29, 1.82) is 0 Å². The highest BCUT2D eigenvalue weighted by Gasteiger charge is 2.41. The molecule has 0 radical (unpaired) electrons. The molecular weight excluding hydrogens is 370 g/mol. The van der Waals surface area contributed by atoms with E-state index < -0.39 is 15.9 Å². The van der Waals surface area contributed by atoms with E-state index in [-0.39, 0.29) is 35.6 Å². The number of hydrogen-bond donors (Lipinski definition) is 1. The molecule has 1 aromatic rings. The molecule has 1 unspecified atom stereocenters. The molecular formula is C18H25N3O5S. The Morgan fingerprint density at radius 3 is 2.81 bits per heavy atom. The second-order valence-corrected chi connectivity index (χ2v) is 8.56. The Morgan fingerprint density at radius 2 is 2.19 bits per heavy atom. The number of benzene rings is 1. The summed E-state index contributed by atoms with van der Waals surface area (Å²) in [7, 11) is -2.52. The van der Waals surface area contributed by atoms with Crippen molar-refractivity contribution in [2.24, 2.45) is 0 Å². The molecule has 0 bridgehead atoms. The van der Waals surface area contributed by atoms with E-state index in [4.69, 9.17) is 4.74 Å². The van der Waals surface area contributed by atoms with Gasteiger partial charge in [0, 0.05) is 31.8 Å². The number of carbonyl (C=O) groups is 2. The number of amides is 2. The minimum Gasteiger partial charge on any atom is -0.383 e. The van der Waals surface area contributed by atoms with E-state index in [2.05, 4.69) is 5.32 Å². The Kier molecular flexibility index (Phi) is 5.83. The summed E-state index contributed by atoms with van der Waals surface area (Å²) in [5.74, 6) is -0.780. The molecule has 1 aromatic carbocycles. The molecule has 3 rings (SSSR count). The van der Waals surface area contributed by atoms with E-state index in [1.165, 1.54) is 19.2 Å². The highest BCUT2D eigenvalue weighted by Crippen LogP contribution is 2.31. The van der Waals surface area contributed by atoms with Crippen LogP contribution in [0, 0.1) is 0 Å². The summed E-state index contributed by atoms with van der Waals surface area (Å²) in [4.78, 5) is 27.2. The zero-order chi connectivity index (χ0) is 19.6. The van der Waals surface area contributed by atoms with Gasteiger partial charge in [-0.1, -0.05) is 6.92 Å². The molecule has 148 valence electrons. The zero-order valence-corrected chi connectivity index (χ0v) is 16.4. The van der Waals surface area contributed by atoms with Gasteiger partial charge in [-0.25, -0.2) is 12.7 Å². The number of fused-ring (bicyclic) bond motifs is 1. The third-order valence-corrected chi connectivity index (χ3v) is 6.77. The maximum absolute atomic E-state index is 13.1. The van der Waals surface area contributed by atoms with Crippen LogP contribution in [0.5, 0.6) is 0 Å². The second-order valence-electron chi connectivity index (χ2n) is 6.73. The van der Waals surface area contributed by atoms with Gasteiger partial charge >= 0.3 is 0 Å². The number of nitrogens with one attached hydrogen (secondary N) is 1. The number of hydrogen-bond acceptors (Lipinski definition) is 6. The minimum absolute atomic E-state index is 0.0503. The lowest BCUT2D eigenvalue weighted by Gasteiger charge is -2.28. The van der Waals surface area contributed by atoms with Crippen LogP contribution in [0.3, 0.4) is 0 Å². The van der Waals surface area contributed by atoms with Gasteiger partial charge in [-0.3, -0.25) is 9.59 Å². The molecule has 2 aliphatic heterocycles. The van der Waals surface area contributed by atoms with Crippen LogP contribution in [0.1, 0.15) is 40.5 Å². The van der Waals surface area contributed by atoms with Gasteiger partial charge in [-0.05, 0) is 37.6 Å². The number of ether oxygens (including phenoxy) is 1. The van der Waals surface area contributed by atoms with Crippen molar-refractivity contribution in [1.82, 2.24) is 14.5 Å². The van der Waals surface area contributed by atoms with Crippen LogP contribution in [0.25, 0.3) is 0 Å². The van der Waals surface area contributed by atoms with Crippen LogP contribution >= 0.6 is 0 Å². The minimum atomic E-state index is -3.96. The first-order valence-corrected chi connectivity index (χ1v) is 10.6. The highest BCUT2D eigenvalue weighted by atomic mass is 32.2. The predicted molar refractivity (Wildman–Crippen MR) is 99.1 cm³/mol. The van der Waals surface area contributed by atoms with E-state index in [9.17, 15) is 18.0 Å². The van der Waals surface area contributed by atoms with Crippen LogP contribution in [-0.4, -0.2) is 75.4 Å². The second kappa shape index (κ2) is 7.95. The molecule has 1 saturated heterocycles. The first kappa shape index (κ1) is 19.8. The number of rotatable bonds is 7. The quantitative estimate of drug-likeness (QED) is 0.730. The third kappa shape index (κ3) is 3.59. The zero-order valence-electron chi connectivity index (χ0n) is 15.6. The van der Waals surface area contributed by atoms with E-state index in [0.29, 0.717) is 12.1 Å². The van der Waals surface area contributed by atoms with Gasteiger partial charge in [0.2, 0.25) is 0 Å². The first-order valence-electron chi connectivity index (χ1n) is 9.13. The van der Waals surface area contributed by atoms with Gasteiger partial charge in [0.1, 0.15) is 4.90 Å². The van der Waals surface area contributed by atoms with Crippen LogP contribution in [0.15, 0.2) is 23.1 Å². The maximum atomic E-state index is 13.1. The highest BCUT2D eigenvalue weighted by molar-refractivity contribution is 7.90. The average molecular weight is 395 g/mol. The molecule has 0 aromatic heterocycles. The predicted octanol–water partition coefficient (Wildman–Crippen LogP) is 0.692. The summed E-state index contributed by atoms with van der Waals surface area (Å²) >= 11 is 0. The Labute approximate surface area is 159 Å². The molecule has 9 heteroatoms. The molecule has 1 N–H and O–H groups in total. The number of carbonyl (C=O) groups excluding carboxylic acids is 2. The van der Waals surface area contributed by atoms with Crippen LogP contribution in [0.2, 0.25) is 0 Å². The summed E-state index contributed by atoms with van der Waals surface area (Å²) in [6.07, 6.45) is 1.69. The fourth-order valence-corrected chi connectivity index (χ4v) is 5.14. The lowest BCUT2D eigenvalue weighted by molar-refractivity contribution is 0.0691. The summed E-state index contributed by atoms with van der Waals surface area (Å²) < 4.78 is 31.2. The van der Waals surface area contributed by atoms with E-state index in [0.717, 1.165) is 30.2 Å². The molecule has 0 aliphatic carbocycles. The summed E-state index contributed by atoms with van der Waals surface area (Å²) in [6.45, 7) is 4.27. The fourth-order valence-electron chi connectivity index (χ4n) is 3.57. The first-order chi connectivity index (χ1) is 12.9. The van der Waals surface area contributed by atoms with Gasteiger partial charge in [0.05, 0.1) is 18.7 Å². The van der Waals surface area contributed by atoms with Crippen LogP contribution < -0.4 is 5.32 Å². The van der Waals surface area contributed by atoms with E-state index in [1.54, 1.807) is 11.0 Å². The molecule has 27 heavy (non-hydrogen) atoms. The Morgan fingerprint density at radius 1 is 1.41 bits per heavy atom. The molecule has 1 atom stereocenters. The number of methoxy groups -OCH3 is 1. The molecule has 0 spiro atoms. The largest absolute Gasteiger partial charge is 0.383 e. The summed E-state index contributed by atoms with van der Waals surface area (Å²) in [5, 5.41) is 3.25. The SMILES string of the molecule is CCCN(C(=O)c1ccc2c(c1)S(=O)(=O)N(CCOC)C2=O)C1CCNC1. The monoisotopic (exact) mass is 395 g/mol. The Hall–Kier alpha value is -1.97. The van der Waals surface area contributed by atoms with Crippen molar-refractivity contribution >= 4 is 21.8 Å². The van der Waals surface area contributed by atoms with Crippen LogP contribution in [-0.2, 0) is 14.8 Å². The van der Waals surface area contributed by atoms with Gasteiger partial charge in [-0.2, -0.15) is 0 Å². The topological polar surface area (TPSA) is 96.0 Å². The van der Waals surface area contributed by atoms with Gasteiger partial charge in [-0.15, -0.1) is 0 Å². The molecule has 0 saturated carbocycles. The molecule has 2 aliphatic rings. The van der Waals surface area contributed by atoms with Crippen molar-refractivity contribution < 1.29 is 22.7 Å². The van der Waals surface area contributed by atoms with Crippen molar-refractivity contribution in [3.8, 4) is 0 Å². The van der Waals surface area contributed by atoms with Crippen molar-refractivity contribution in [3.63, 3.8) is 0 Å². The average Bonchev–Trinajstić information content (AvgIpc) is 3.24. The van der Waals surface area contributed by atoms with Crippen molar-refractivity contribution in [2.75, 3.05) is 39.9 Å². The molecule has 1 fully saturated rings. The fraction of sp³-hybridized carbons (Fsp3) is 0.556. The molecule has 8 nitrogen and oxygen atoms in total. The van der Waals surface area contributed by atoms with Gasteiger partial charge < -0.3 is 15.0 Å². The third-order valence-electron chi connectivity index (χ3n) is 4.95. The summed E-state index contributed by atoms with van der Waals surface area (Å²) in [6, 6.07) is 4.41. The summed E-state index contributed by atoms with van der Waals surface area (Å²) in [5.41, 5.74) is 0.395. The van der Waals surface area contributed by atoms with Crippen molar-refractivity contribution in [2.45, 2.75) is 30.7 Å². The smallest absolute Gasteiger partial charge is 0.269 e. The maximum Gasteiger partial charge on any atom is 0.269 e. The standard InChI is InChI=1S/C18H25N3O5S/c1-3-8-20(14-6-7-19-12-14)17(22)13-4-5-15-16(11-13)27(24,25)21(18(15)23)9-10-26-2/h4-5,11,14,19H,3,6-10,12H2,1-2H3. The Bertz CT molecular complexity index is 833. The normalized spacial score (nSPS) is 20.7. The molecule has 2 amide bonds. The lowest BCUT2D eigenvalue weighted by Crippen LogP contribution is -2.42. The van der Waals surface area contributed by atoms with Gasteiger partial charge in [0.15, 0.2) is 0 Å². The number of sulfonamides is 1.